The predicted molar refractivity (Wildman–Crippen MR) is 71.8 cm³/mol. The molecule has 1 aromatic heterocycles. The minimum Gasteiger partial charge on any atom is -0.310 e. The minimum absolute atomic E-state index is 0.160. The lowest BCUT2D eigenvalue weighted by molar-refractivity contribution is 0.267. The number of hydrogen-bond donors (Lipinski definition) is 1. The summed E-state index contributed by atoms with van der Waals surface area (Å²) >= 11 is 0. The van der Waals surface area contributed by atoms with E-state index in [1.807, 2.05) is 6.07 Å². The van der Waals surface area contributed by atoms with Gasteiger partial charge in [-0.3, -0.25) is 4.98 Å². The Morgan fingerprint density at radius 2 is 2.17 bits per heavy atom. The van der Waals surface area contributed by atoms with Crippen LogP contribution in [-0.4, -0.2) is 11.5 Å². The van der Waals surface area contributed by atoms with Crippen LogP contribution in [0.4, 0.5) is 4.39 Å². The monoisotopic (exact) mass is 250 g/mol. The first-order valence-corrected chi connectivity index (χ1v) is 7.15. The standard InChI is InChI=1S/C15H23FN2/c1-2-9-18-15(12-6-4-3-5-7-12)13-8-10-17-11-14(13)16/h8,10-12,15,18H,2-7,9H2,1H3. The van der Waals surface area contributed by atoms with Crippen molar-refractivity contribution in [2.75, 3.05) is 6.54 Å². The molecule has 18 heavy (non-hydrogen) atoms. The van der Waals surface area contributed by atoms with Crippen molar-refractivity contribution >= 4 is 0 Å². The SMILES string of the molecule is CCCNC(c1ccncc1F)C1CCCCC1. The second-order valence-corrected chi connectivity index (χ2v) is 5.23. The van der Waals surface area contributed by atoms with E-state index in [1.54, 1.807) is 6.20 Å². The molecule has 1 unspecified atom stereocenters. The summed E-state index contributed by atoms with van der Waals surface area (Å²) in [6.07, 6.45) is 10.4. The van der Waals surface area contributed by atoms with Crippen molar-refractivity contribution in [2.45, 2.75) is 51.5 Å². The molecular weight excluding hydrogens is 227 g/mol. The molecule has 0 saturated heterocycles. The molecule has 100 valence electrons. The minimum atomic E-state index is -0.170. The van der Waals surface area contributed by atoms with Gasteiger partial charge in [-0.15, -0.1) is 0 Å². The fourth-order valence-electron chi connectivity index (χ4n) is 2.94. The van der Waals surface area contributed by atoms with Gasteiger partial charge in [-0.1, -0.05) is 26.2 Å². The van der Waals surface area contributed by atoms with Crippen molar-refractivity contribution in [3.05, 3.63) is 29.8 Å². The number of hydrogen-bond acceptors (Lipinski definition) is 2. The van der Waals surface area contributed by atoms with E-state index in [4.69, 9.17) is 0 Å². The van der Waals surface area contributed by atoms with Crippen molar-refractivity contribution in [3.8, 4) is 0 Å². The van der Waals surface area contributed by atoms with Crippen molar-refractivity contribution in [2.24, 2.45) is 5.92 Å². The molecule has 0 radical (unpaired) electrons. The Kier molecular flexibility index (Phi) is 5.12. The first kappa shape index (κ1) is 13.5. The lowest BCUT2D eigenvalue weighted by Crippen LogP contribution is -2.31. The Balaban J connectivity index is 2.15. The lowest BCUT2D eigenvalue weighted by atomic mass is 9.81. The summed E-state index contributed by atoms with van der Waals surface area (Å²) in [6.45, 7) is 3.09. The Morgan fingerprint density at radius 3 is 2.83 bits per heavy atom. The summed E-state index contributed by atoms with van der Waals surface area (Å²) in [4.78, 5) is 3.85. The summed E-state index contributed by atoms with van der Waals surface area (Å²) in [7, 11) is 0. The third kappa shape index (κ3) is 3.29. The Bertz CT molecular complexity index is 361. The first-order chi connectivity index (χ1) is 8.83. The van der Waals surface area contributed by atoms with Crippen LogP contribution in [0.2, 0.25) is 0 Å². The smallest absolute Gasteiger partial charge is 0.146 e. The van der Waals surface area contributed by atoms with Gasteiger partial charge in [0.2, 0.25) is 0 Å². The number of halogens is 1. The van der Waals surface area contributed by atoms with Gasteiger partial charge >= 0.3 is 0 Å². The van der Waals surface area contributed by atoms with E-state index >= 15 is 0 Å². The topological polar surface area (TPSA) is 24.9 Å². The highest BCUT2D eigenvalue weighted by atomic mass is 19.1. The molecule has 0 aromatic carbocycles. The zero-order valence-electron chi connectivity index (χ0n) is 11.2. The van der Waals surface area contributed by atoms with Crippen LogP contribution >= 0.6 is 0 Å². The van der Waals surface area contributed by atoms with Crippen LogP contribution in [-0.2, 0) is 0 Å². The molecule has 1 aromatic rings. The molecular formula is C15H23FN2. The highest BCUT2D eigenvalue weighted by molar-refractivity contribution is 5.18. The Labute approximate surface area is 109 Å². The maximum atomic E-state index is 13.9. The van der Waals surface area contributed by atoms with E-state index in [-0.39, 0.29) is 11.9 Å². The fraction of sp³-hybridized carbons (Fsp3) is 0.667. The molecule has 0 bridgehead atoms. The zero-order chi connectivity index (χ0) is 12.8. The van der Waals surface area contributed by atoms with Gasteiger partial charge in [0.05, 0.1) is 6.20 Å². The van der Waals surface area contributed by atoms with Crippen LogP contribution in [0.5, 0.6) is 0 Å². The largest absolute Gasteiger partial charge is 0.310 e. The van der Waals surface area contributed by atoms with E-state index in [0.717, 1.165) is 18.5 Å². The van der Waals surface area contributed by atoms with Crippen LogP contribution in [0.1, 0.15) is 57.1 Å². The van der Waals surface area contributed by atoms with Gasteiger partial charge in [0, 0.05) is 17.8 Å². The molecule has 1 saturated carbocycles. The molecule has 1 atom stereocenters. The molecule has 1 N–H and O–H groups in total. The van der Waals surface area contributed by atoms with Gasteiger partial charge in [-0.25, -0.2) is 4.39 Å². The number of nitrogens with zero attached hydrogens (tertiary/aromatic N) is 1. The summed E-state index contributed by atoms with van der Waals surface area (Å²) in [6, 6.07) is 1.99. The van der Waals surface area contributed by atoms with Crippen LogP contribution in [0.3, 0.4) is 0 Å². The molecule has 0 aliphatic heterocycles. The first-order valence-electron chi connectivity index (χ1n) is 7.15. The van der Waals surface area contributed by atoms with Crippen LogP contribution < -0.4 is 5.32 Å². The highest BCUT2D eigenvalue weighted by Gasteiger charge is 2.26. The van der Waals surface area contributed by atoms with Crippen LogP contribution in [0, 0.1) is 11.7 Å². The molecule has 2 nitrogen and oxygen atoms in total. The van der Waals surface area contributed by atoms with E-state index in [2.05, 4.69) is 17.2 Å². The third-order valence-corrected chi connectivity index (χ3v) is 3.87. The Hall–Kier alpha value is -0.960. The molecule has 3 heteroatoms. The quantitative estimate of drug-likeness (QED) is 0.858. The lowest BCUT2D eigenvalue weighted by Gasteiger charge is -2.31. The Morgan fingerprint density at radius 1 is 1.39 bits per heavy atom. The van der Waals surface area contributed by atoms with Gasteiger partial charge in [-0.05, 0) is 37.8 Å². The molecule has 1 aliphatic rings. The fourth-order valence-corrected chi connectivity index (χ4v) is 2.94. The third-order valence-electron chi connectivity index (χ3n) is 3.87. The van der Waals surface area contributed by atoms with E-state index in [9.17, 15) is 4.39 Å². The maximum Gasteiger partial charge on any atom is 0.146 e. The summed E-state index contributed by atoms with van der Waals surface area (Å²) in [5.74, 6) is 0.402. The normalized spacial score (nSPS) is 18.8. The number of rotatable bonds is 5. The number of nitrogens with one attached hydrogen (secondary N) is 1. The molecule has 2 rings (SSSR count). The summed E-state index contributed by atoms with van der Waals surface area (Å²) < 4.78 is 13.9. The molecule has 1 fully saturated rings. The second kappa shape index (κ2) is 6.83. The van der Waals surface area contributed by atoms with Crippen LogP contribution in [0.15, 0.2) is 18.5 Å². The molecule has 0 spiro atoms. The maximum absolute atomic E-state index is 13.9. The van der Waals surface area contributed by atoms with E-state index in [0.29, 0.717) is 5.92 Å². The average molecular weight is 250 g/mol. The van der Waals surface area contributed by atoms with Gasteiger partial charge in [-0.2, -0.15) is 0 Å². The van der Waals surface area contributed by atoms with Gasteiger partial charge in [0.25, 0.3) is 0 Å². The number of pyridine rings is 1. The van der Waals surface area contributed by atoms with E-state index in [1.165, 1.54) is 38.3 Å². The van der Waals surface area contributed by atoms with Crippen molar-refractivity contribution in [3.63, 3.8) is 0 Å². The summed E-state index contributed by atoms with van der Waals surface area (Å²) in [5, 5.41) is 3.53. The number of aromatic nitrogens is 1. The molecule has 1 aliphatic carbocycles. The van der Waals surface area contributed by atoms with Gasteiger partial charge < -0.3 is 5.32 Å². The van der Waals surface area contributed by atoms with Gasteiger partial charge in [0.15, 0.2) is 0 Å². The zero-order valence-corrected chi connectivity index (χ0v) is 11.2. The van der Waals surface area contributed by atoms with Crippen molar-refractivity contribution in [1.29, 1.82) is 0 Å². The highest BCUT2D eigenvalue weighted by Crippen LogP contribution is 2.35. The summed E-state index contributed by atoms with van der Waals surface area (Å²) in [5.41, 5.74) is 0.797. The molecule has 1 heterocycles. The average Bonchev–Trinajstić information content (AvgIpc) is 2.42. The van der Waals surface area contributed by atoms with Crippen molar-refractivity contribution in [1.82, 2.24) is 10.3 Å². The molecule has 0 amide bonds. The second-order valence-electron chi connectivity index (χ2n) is 5.23. The van der Waals surface area contributed by atoms with Crippen LogP contribution in [0.25, 0.3) is 0 Å². The van der Waals surface area contributed by atoms with E-state index < -0.39 is 0 Å². The predicted octanol–water partition coefficient (Wildman–Crippen LogP) is 3.84. The van der Waals surface area contributed by atoms with Crippen molar-refractivity contribution < 1.29 is 4.39 Å². The van der Waals surface area contributed by atoms with Gasteiger partial charge in [0.1, 0.15) is 5.82 Å².